The van der Waals surface area contributed by atoms with Gasteiger partial charge in [-0.3, -0.25) is 14.9 Å². The number of carbonyl (C=O) groups excluding carboxylic acids is 3. The van der Waals surface area contributed by atoms with Gasteiger partial charge in [-0.2, -0.15) is 4.98 Å². The van der Waals surface area contributed by atoms with Crippen molar-refractivity contribution in [1.82, 2.24) is 30.5 Å². The molecule has 1 saturated heterocycles. The number of nitrogens with zero attached hydrogens (tertiary/aromatic N) is 4. The summed E-state index contributed by atoms with van der Waals surface area (Å²) in [6.45, 7) is 0.0934. The summed E-state index contributed by atoms with van der Waals surface area (Å²) in [6.07, 6.45) is 1.53. The number of carbonyl (C=O) groups is 3. The zero-order valence-corrected chi connectivity index (χ0v) is 21.1. The summed E-state index contributed by atoms with van der Waals surface area (Å²) in [6, 6.07) is 9.60. The Morgan fingerprint density at radius 2 is 1.85 bits per heavy atom. The second kappa shape index (κ2) is 8.97. The molecule has 2 N–H and O–H groups in total. The molecule has 6 rings (SSSR count). The Morgan fingerprint density at radius 1 is 1.00 bits per heavy atom. The molecule has 13 heteroatoms. The summed E-state index contributed by atoms with van der Waals surface area (Å²) in [5.41, 5.74) is 1.38. The molecule has 0 bridgehead atoms. The van der Waals surface area contributed by atoms with Gasteiger partial charge in [-0.1, -0.05) is 6.07 Å². The van der Waals surface area contributed by atoms with E-state index in [1.807, 2.05) is 0 Å². The van der Waals surface area contributed by atoms with Gasteiger partial charge in [0, 0.05) is 24.4 Å². The smallest absolute Gasteiger partial charge is 0.322 e. The molecule has 13 nitrogen and oxygen atoms in total. The number of hydrogen-bond acceptors (Lipinski definition) is 10. The summed E-state index contributed by atoms with van der Waals surface area (Å²) < 4.78 is 21.7. The predicted octanol–water partition coefficient (Wildman–Crippen LogP) is 2.00. The van der Waals surface area contributed by atoms with Crippen molar-refractivity contribution in [3.05, 3.63) is 59.5 Å². The summed E-state index contributed by atoms with van der Waals surface area (Å²) in [5, 5.41) is 4.94. The van der Waals surface area contributed by atoms with Gasteiger partial charge in [0.15, 0.2) is 11.1 Å². The lowest BCUT2D eigenvalue weighted by Gasteiger charge is -2.28. The molecule has 1 atom stereocenters. The molecule has 2 aliphatic rings. The van der Waals surface area contributed by atoms with E-state index in [-0.39, 0.29) is 36.6 Å². The van der Waals surface area contributed by atoms with Crippen LogP contribution >= 0.6 is 0 Å². The van der Waals surface area contributed by atoms with Crippen LogP contribution in [0, 0.1) is 0 Å². The third-order valence-electron chi connectivity index (χ3n) is 6.74. The molecule has 3 aromatic heterocycles. The number of ether oxygens (including phenoxy) is 3. The minimum absolute atomic E-state index is 0.129. The number of furan rings is 1. The maximum atomic E-state index is 13.2. The molecular weight excluding hydrogens is 508 g/mol. The Balaban J connectivity index is 1.38. The number of aromatic nitrogens is 3. The molecule has 0 spiro atoms. The van der Waals surface area contributed by atoms with Crippen molar-refractivity contribution in [1.29, 1.82) is 0 Å². The Bertz CT molecular complexity index is 1670. The molecule has 0 saturated carbocycles. The maximum absolute atomic E-state index is 13.2. The van der Waals surface area contributed by atoms with Crippen molar-refractivity contribution < 1.29 is 33.0 Å². The Hall–Kier alpha value is -5.20. The Kier molecular flexibility index (Phi) is 5.56. The summed E-state index contributed by atoms with van der Waals surface area (Å²) in [7, 11) is 4.44. The van der Waals surface area contributed by atoms with Crippen LogP contribution in [0.3, 0.4) is 0 Å². The van der Waals surface area contributed by atoms with Gasteiger partial charge in [0.1, 0.15) is 17.0 Å². The molecule has 0 aliphatic carbocycles. The van der Waals surface area contributed by atoms with Gasteiger partial charge < -0.3 is 28.8 Å². The molecular formula is C26H22N6O7. The molecule has 4 amide bonds. The van der Waals surface area contributed by atoms with Gasteiger partial charge in [-0.25, -0.2) is 14.8 Å². The van der Waals surface area contributed by atoms with Crippen LogP contribution in [0.5, 0.6) is 17.6 Å². The van der Waals surface area contributed by atoms with Crippen LogP contribution in [0.15, 0.2) is 47.0 Å². The number of benzene rings is 1. The fraction of sp³-hybridized carbons (Fsp3) is 0.231. The number of nitrogens with one attached hydrogen (secondary N) is 2. The lowest BCUT2D eigenvalue weighted by atomic mass is 9.95. The quantitative estimate of drug-likeness (QED) is 0.339. The van der Waals surface area contributed by atoms with E-state index >= 15 is 0 Å². The monoisotopic (exact) mass is 530 g/mol. The standard InChI is InChI=1S/C26H22N6O7/c1-36-14-5-4-13-11-32(22(33)15(13)8-14)12-26(23(34)30-24(35)31-26)20-9-18-19(39-20)7-6-17(28-18)16-10-27-25(38-3)29-21(16)37-2/h4-10H,11-12H2,1-3H3,(H2,30,31,34,35). The number of imide groups is 1. The minimum Gasteiger partial charge on any atom is -0.497 e. The SMILES string of the molecule is COc1ccc2c(c1)C(=O)N(CC1(c3cc4nc(-c5cnc(OC)nc5OC)ccc4o3)NC(=O)NC1=O)C2. The first kappa shape index (κ1) is 24.2. The van der Waals surface area contributed by atoms with Crippen molar-refractivity contribution in [3.63, 3.8) is 0 Å². The van der Waals surface area contributed by atoms with Gasteiger partial charge in [-0.05, 0) is 29.8 Å². The highest BCUT2D eigenvalue weighted by atomic mass is 16.5. The Morgan fingerprint density at radius 3 is 2.56 bits per heavy atom. The molecule has 39 heavy (non-hydrogen) atoms. The molecule has 5 heterocycles. The number of methoxy groups -OCH3 is 3. The van der Waals surface area contributed by atoms with E-state index < -0.39 is 17.5 Å². The van der Waals surface area contributed by atoms with Gasteiger partial charge in [0.05, 0.1) is 39.1 Å². The number of fused-ring (bicyclic) bond motifs is 2. The molecule has 198 valence electrons. The zero-order chi connectivity index (χ0) is 27.3. The van der Waals surface area contributed by atoms with Gasteiger partial charge in [0.2, 0.25) is 5.88 Å². The highest BCUT2D eigenvalue weighted by Gasteiger charge is 2.53. The lowest BCUT2D eigenvalue weighted by Crippen LogP contribution is -2.52. The summed E-state index contributed by atoms with van der Waals surface area (Å²) >= 11 is 0. The first-order valence-electron chi connectivity index (χ1n) is 11.8. The summed E-state index contributed by atoms with van der Waals surface area (Å²) in [4.78, 5) is 53.2. The van der Waals surface area contributed by atoms with E-state index in [1.54, 1.807) is 36.4 Å². The molecule has 1 aromatic carbocycles. The van der Waals surface area contributed by atoms with E-state index in [0.29, 0.717) is 33.7 Å². The number of amides is 4. The topological polar surface area (TPSA) is 158 Å². The largest absolute Gasteiger partial charge is 0.497 e. The number of urea groups is 1. The van der Waals surface area contributed by atoms with E-state index in [4.69, 9.17) is 18.6 Å². The van der Waals surface area contributed by atoms with Crippen molar-refractivity contribution in [3.8, 4) is 28.9 Å². The first-order valence-corrected chi connectivity index (χ1v) is 11.8. The van der Waals surface area contributed by atoms with Gasteiger partial charge in [-0.15, -0.1) is 0 Å². The minimum atomic E-state index is -1.67. The van der Waals surface area contributed by atoms with Crippen LogP contribution in [0.2, 0.25) is 0 Å². The second-order valence-electron chi connectivity index (χ2n) is 8.97. The third kappa shape index (κ3) is 3.86. The summed E-state index contributed by atoms with van der Waals surface area (Å²) in [5.74, 6) is 0.00663. The average molecular weight is 530 g/mol. The van der Waals surface area contributed by atoms with Crippen LogP contribution in [0.25, 0.3) is 22.4 Å². The molecule has 2 aliphatic heterocycles. The second-order valence-corrected chi connectivity index (χ2v) is 8.97. The highest BCUT2D eigenvalue weighted by molar-refractivity contribution is 6.08. The van der Waals surface area contributed by atoms with Crippen molar-refractivity contribution in [2.24, 2.45) is 0 Å². The number of hydrogen-bond donors (Lipinski definition) is 2. The van der Waals surface area contributed by atoms with Crippen molar-refractivity contribution in [2.75, 3.05) is 27.9 Å². The van der Waals surface area contributed by atoms with E-state index in [2.05, 4.69) is 25.6 Å². The highest BCUT2D eigenvalue weighted by Crippen LogP contribution is 2.36. The lowest BCUT2D eigenvalue weighted by molar-refractivity contribution is -0.125. The van der Waals surface area contributed by atoms with Crippen LogP contribution in [-0.4, -0.2) is 65.6 Å². The predicted molar refractivity (Wildman–Crippen MR) is 134 cm³/mol. The van der Waals surface area contributed by atoms with Crippen LogP contribution < -0.4 is 24.8 Å². The van der Waals surface area contributed by atoms with E-state index in [9.17, 15) is 14.4 Å². The zero-order valence-electron chi connectivity index (χ0n) is 21.1. The van der Waals surface area contributed by atoms with E-state index in [1.165, 1.54) is 32.4 Å². The van der Waals surface area contributed by atoms with Crippen LogP contribution in [-0.2, 0) is 16.9 Å². The molecule has 1 unspecified atom stereocenters. The number of rotatable bonds is 7. The molecule has 4 aromatic rings. The fourth-order valence-corrected chi connectivity index (χ4v) is 4.80. The van der Waals surface area contributed by atoms with Gasteiger partial charge >= 0.3 is 12.0 Å². The van der Waals surface area contributed by atoms with Crippen molar-refractivity contribution in [2.45, 2.75) is 12.1 Å². The third-order valence-corrected chi connectivity index (χ3v) is 6.74. The van der Waals surface area contributed by atoms with Crippen molar-refractivity contribution >= 4 is 28.9 Å². The van der Waals surface area contributed by atoms with Gasteiger partial charge in [0.25, 0.3) is 11.8 Å². The normalized spacial score (nSPS) is 18.2. The fourth-order valence-electron chi connectivity index (χ4n) is 4.80. The Labute approximate surface area is 221 Å². The molecule has 1 fully saturated rings. The first-order chi connectivity index (χ1) is 18.8. The van der Waals surface area contributed by atoms with Crippen LogP contribution in [0.1, 0.15) is 21.7 Å². The van der Waals surface area contributed by atoms with Crippen LogP contribution in [0.4, 0.5) is 4.79 Å². The number of pyridine rings is 1. The maximum Gasteiger partial charge on any atom is 0.322 e. The van der Waals surface area contributed by atoms with E-state index in [0.717, 1.165) is 5.56 Å². The average Bonchev–Trinajstić information content (AvgIpc) is 3.61. The molecule has 0 radical (unpaired) electrons.